The summed E-state index contributed by atoms with van der Waals surface area (Å²) in [5.74, 6) is 1.42. The van der Waals surface area contributed by atoms with Crippen molar-refractivity contribution in [3.63, 3.8) is 0 Å². The lowest BCUT2D eigenvalue weighted by molar-refractivity contribution is 0.331. The van der Waals surface area contributed by atoms with Crippen LogP contribution in [0.4, 0.5) is 5.95 Å². The van der Waals surface area contributed by atoms with Crippen LogP contribution in [0.2, 0.25) is 0 Å². The molecule has 0 saturated carbocycles. The molecule has 0 aliphatic carbocycles. The predicted molar refractivity (Wildman–Crippen MR) is 117 cm³/mol. The van der Waals surface area contributed by atoms with Gasteiger partial charge in [-0.1, -0.05) is 6.07 Å². The minimum atomic E-state index is 0.578. The lowest BCUT2D eigenvalue weighted by atomic mass is 10.1. The summed E-state index contributed by atoms with van der Waals surface area (Å²) in [6, 6.07) is 6.33. The molecule has 4 aromatic rings. The highest BCUT2D eigenvalue weighted by atomic mass is 32.1. The van der Waals surface area contributed by atoms with Crippen LogP contribution < -0.4 is 15.0 Å². The van der Waals surface area contributed by atoms with Crippen molar-refractivity contribution >= 4 is 49.1 Å². The summed E-state index contributed by atoms with van der Waals surface area (Å²) >= 11 is 3.33. The summed E-state index contributed by atoms with van der Waals surface area (Å²) in [4.78, 5) is 19.1. The van der Waals surface area contributed by atoms with E-state index in [1.165, 1.54) is 10.4 Å². The molecule has 0 radical (unpaired) electrons. The minimum absolute atomic E-state index is 0.578. The van der Waals surface area contributed by atoms with Crippen molar-refractivity contribution in [3.05, 3.63) is 29.1 Å². The van der Waals surface area contributed by atoms with Gasteiger partial charge in [0.1, 0.15) is 15.0 Å². The molecule has 1 fully saturated rings. The van der Waals surface area contributed by atoms with E-state index in [1.54, 1.807) is 22.7 Å². The van der Waals surface area contributed by atoms with Gasteiger partial charge in [0.2, 0.25) is 11.8 Å². The zero-order valence-electron chi connectivity index (χ0n) is 15.9. The number of hydrogen-bond donors (Lipinski definition) is 1. The average molecular weight is 412 g/mol. The molecule has 1 aliphatic heterocycles. The highest BCUT2D eigenvalue weighted by Crippen LogP contribution is 2.40. The van der Waals surface area contributed by atoms with E-state index in [0.717, 1.165) is 58.3 Å². The summed E-state index contributed by atoms with van der Waals surface area (Å²) in [5.41, 5.74) is 3.15. The molecule has 0 bridgehead atoms. The van der Waals surface area contributed by atoms with Gasteiger partial charge < -0.3 is 15.0 Å². The Morgan fingerprint density at radius 1 is 1.21 bits per heavy atom. The Balaban J connectivity index is 1.73. The van der Waals surface area contributed by atoms with Crippen LogP contribution in [0.5, 0.6) is 5.88 Å². The first kappa shape index (κ1) is 17.8. The summed E-state index contributed by atoms with van der Waals surface area (Å²) in [6.45, 7) is 8.40. The van der Waals surface area contributed by atoms with Crippen LogP contribution in [0, 0.1) is 6.92 Å². The number of nitrogens with zero attached hydrogens (tertiary/aromatic N) is 4. The first-order valence-electron chi connectivity index (χ1n) is 9.49. The van der Waals surface area contributed by atoms with Gasteiger partial charge in [-0.15, -0.1) is 22.7 Å². The Morgan fingerprint density at radius 3 is 2.82 bits per heavy atom. The lowest BCUT2D eigenvalue weighted by Crippen LogP contribution is -2.44. The SMILES string of the molecule is CCOc1nc(N2CCNCC2)nc2c1sc1nc(-c3cccs3)cc(C)c12. The molecule has 0 unspecified atom stereocenters. The van der Waals surface area contributed by atoms with E-state index in [0.29, 0.717) is 12.5 Å². The Labute approximate surface area is 171 Å². The molecule has 1 aliphatic rings. The van der Waals surface area contributed by atoms with E-state index in [-0.39, 0.29) is 0 Å². The van der Waals surface area contributed by atoms with Crippen LogP contribution in [0.1, 0.15) is 12.5 Å². The van der Waals surface area contributed by atoms with E-state index in [1.807, 2.05) is 6.92 Å². The summed E-state index contributed by atoms with van der Waals surface area (Å²) < 4.78 is 6.89. The number of ether oxygens (including phenoxy) is 1. The number of thiophene rings is 2. The fourth-order valence-corrected chi connectivity index (χ4v) is 5.39. The molecule has 1 N–H and O–H groups in total. The van der Waals surface area contributed by atoms with Gasteiger partial charge in [-0.3, -0.25) is 0 Å². The number of rotatable bonds is 4. The van der Waals surface area contributed by atoms with Gasteiger partial charge in [-0.25, -0.2) is 9.97 Å². The van der Waals surface area contributed by atoms with Gasteiger partial charge in [-0.2, -0.15) is 4.98 Å². The van der Waals surface area contributed by atoms with Crippen molar-refractivity contribution in [3.8, 4) is 16.5 Å². The number of aryl methyl sites for hydroxylation is 1. The number of nitrogens with one attached hydrogen (secondary N) is 1. The molecule has 4 aromatic heterocycles. The third-order valence-electron chi connectivity index (χ3n) is 4.90. The predicted octanol–water partition coefficient (Wildman–Crippen LogP) is 4.08. The Kier molecular flexibility index (Phi) is 4.62. The molecule has 6 nitrogen and oxygen atoms in total. The average Bonchev–Trinajstić information content (AvgIpc) is 3.37. The third-order valence-corrected chi connectivity index (χ3v) is 6.85. The number of hydrogen-bond acceptors (Lipinski definition) is 8. The van der Waals surface area contributed by atoms with Gasteiger partial charge >= 0.3 is 0 Å². The maximum atomic E-state index is 5.91. The van der Waals surface area contributed by atoms with Gasteiger partial charge in [0, 0.05) is 31.6 Å². The monoisotopic (exact) mass is 411 g/mol. The Morgan fingerprint density at radius 2 is 2.07 bits per heavy atom. The van der Waals surface area contributed by atoms with Crippen LogP contribution in [0.25, 0.3) is 31.0 Å². The zero-order chi connectivity index (χ0) is 19.1. The summed E-state index contributed by atoms with van der Waals surface area (Å²) in [7, 11) is 0. The normalized spacial score (nSPS) is 14.9. The summed E-state index contributed by atoms with van der Waals surface area (Å²) in [5, 5.41) is 6.57. The third kappa shape index (κ3) is 3.01. The molecule has 8 heteroatoms. The second-order valence-electron chi connectivity index (χ2n) is 6.76. The molecule has 0 atom stereocenters. The molecule has 144 valence electrons. The Bertz CT molecular complexity index is 1130. The minimum Gasteiger partial charge on any atom is -0.477 e. The van der Waals surface area contributed by atoms with E-state index < -0.39 is 0 Å². The molecule has 5 heterocycles. The van der Waals surface area contributed by atoms with Crippen molar-refractivity contribution < 1.29 is 4.74 Å². The standard InChI is InChI=1S/C20H21N5OS2/c1-3-26-18-17-16(23-20(24-18)25-8-6-21-7-9-25)15-12(2)11-13(22-19(15)28-17)14-5-4-10-27-14/h4-5,10-11,21H,3,6-9H2,1-2H3. The number of aromatic nitrogens is 3. The van der Waals surface area contributed by atoms with Crippen molar-refractivity contribution in [2.75, 3.05) is 37.7 Å². The Hall–Kier alpha value is -2.29. The van der Waals surface area contributed by atoms with Crippen LogP contribution in [-0.4, -0.2) is 47.7 Å². The number of pyridine rings is 1. The van der Waals surface area contributed by atoms with Gasteiger partial charge in [-0.05, 0) is 36.9 Å². The second-order valence-corrected chi connectivity index (χ2v) is 8.71. The van der Waals surface area contributed by atoms with Crippen LogP contribution >= 0.6 is 22.7 Å². The van der Waals surface area contributed by atoms with Gasteiger partial charge in [0.15, 0.2) is 0 Å². The maximum Gasteiger partial charge on any atom is 0.236 e. The number of fused-ring (bicyclic) bond motifs is 3. The molecule has 0 aromatic carbocycles. The van der Waals surface area contributed by atoms with Crippen molar-refractivity contribution in [1.29, 1.82) is 0 Å². The van der Waals surface area contributed by atoms with Crippen LogP contribution in [0.3, 0.4) is 0 Å². The topological polar surface area (TPSA) is 63.2 Å². The molecule has 0 amide bonds. The molecular weight excluding hydrogens is 390 g/mol. The largest absolute Gasteiger partial charge is 0.477 e. The molecule has 28 heavy (non-hydrogen) atoms. The van der Waals surface area contributed by atoms with E-state index >= 15 is 0 Å². The second kappa shape index (κ2) is 7.27. The van der Waals surface area contributed by atoms with Crippen LogP contribution in [0.15, 0.2) is 23.6 Å². The van der Waals surface area contributed by atoms with Crippen molar-refractivity contribution in [2.24, 2.45) is 0 Å². The lowest BCUT2D eigenvalue weighted by Gasteiger charge is -2.27. The zero-order valence-corrected chi connectivity index (χ0v) is 17.5. The van der Waals surface area contributed by atoms with Crippen molar-refractivity contribution in [2.45, 2.75) is 13.8 Å². The first-order valence-corrected chi connectivity index (χ1v) is 11.2. The van der Waals surface area contributed by atoms with E-state index in [2.05, 4.69) is 40.7 Å². The van der Waals surface area contributed by atoms with E-state index in [9.17, 15) is 0 Å². The van der Waals surface area contributed by atoms with Gasteiger partial charge in [0.25, 0.3) is 0 Å². The summed E-state index contributed by atoms with van der Waals surface area (Å²) in [6.07, 6.45) is 0. The molecule has 1 saturated heterocycles. The molecule has 0 spiro atoms. The van der Waals surface area contributed by atoms with Gasteiger partial charge in [0.05, 0.1) is 17.2 Å². The highest BCUT2D eigenvalue weighted by Gasteiger charge is 2.21. The van der Waals surface area contributed by atoms with Crippen molar-refractivity contribution in [1.82, 2.24) is 20.3 Å². The molecule has 5 rings (SSSR count). The maximum absolute atomic E-state index is 5.91. The fourth-order valence-electron chi connectivity index (χ4n) is 3.57. The number of anilines is 1. The van der Waals surface area contributed by atoms with E-state index in [4.69, 9.17) is 19.7 Å². The first-order chi connectivity index (χ1) is 13.7. The quantitative estimate of drug-likeness (QED) is 0.546. The smallest absolute Gasteiger partial charge is 0.236 e. The molecular formula is C20H21N5OS2. The highest BCUT2D eigenvalue weighted by molar-refractivity contribution is 7.25. The fraction of sp³-hybridized carbons (Fsp3) is 0.350. The van der Waals surface area contributed by atoms with Crippen LogP contribution in [-0.2, 0) is 0 Å². The number of piperazine rings is 1.